The van der Waals surface area contributed by atoms with Gasteiger partial charge in [-0.1, -0.05) is 55.8 Å². The molecular formula is C25H27ClN4OS. The Labute approximate surface area is 199 Å². The minimum absolute atomic E-state index is 0.146. The van der Waals surface area contributed by atoms with Gasteiger partial charge >= 0.3 is 0 Å². The first-order valence-corrected chi connectivity index (χ1v) is 11.8. The highest BCUT2D eigenvalue weighted by Gasteiger charge is 2.52. The predicted octanol–water partition coefficient (Wildman–Crippen LogP) is 4.62. The van der Waals surface area contributed by atoms with Crippen molar-refractivity contribution in [2.75, 3.05) is 11.9 Å². The van der Waals surface area contributed by atoms with E-state index in [0.717, 1.165) is 35.4 Å². The molecular weight excluding hydrogens is 440 g/mol. The molecule has 0 radical (unpaired) electrons. The highest BCUT2D eigenvalue weighted by Crippen LogP contribution is 2.49. The third kappa shape index (κ3) is 3.50. The van der Waals surface area contributed by atoms with E-state index in [0.29, 0.717) is 22.2 Å². The fourth-order valence-corrected chi connectivity index (χ4v) is 5.78. The van der Waals surface area contributed by atoms with Crippen LogP contribution in [0, 0.1) is 5.41 Å². The third-order valence-corrected chi connectivity index (χ3v) is 7.75. The van der Waals surface area contributed by atoms with Gasteiger partial charge < -0.3 is 15.1 Å². The molecule has 2 aromatic rings. The number of carbonyl (C=O) groups is 1. The van der Waals surface area contributed by atoms with Crippen LogP contribution in [-0.4, -0.2) is 46.9 Å². The Hall–Kier alpha value is -2.44. The molecule has 5 nitrogen and oxygen atoms in total. The van der Waals surface area contributed by atoms with Crippen LogP contribution in [0.15, 0.2) is 53.5 Å². The molecule has 0 saturated carbocycles. The number of halogens is 1. The molecule has 3 unspecified atom stereocenters. The second-order valence-corrected chi connectivity index (χ2v) is 10.4. The zero-order chi connectivity index (χ0) is 22.6. The molecule has 3 heterocycles. The zero-order valence-electron chi connectivity index (χ0n) is 18.5. The van der Waals surface area contributed by atoms with Crippen molar-refractivity contribution >= 4 is 46.2 Å². The van der Waals surface area contributed by atoms with E-state index in [1.165, 1.54) is 6.42 Å². The standard InChI is InChI=1S/C25H27ClN4OS/c1-25(2)12-11-17-14-20(25)30(17)24(32)28-22-23(31)29(3)19-10-9-16(26)13-18(19)21(27-22)15-7-5-4-6-8-15/h4-10,13,17,20,22H,11-12,14H2,1-3H3,(H,28,32). The fraction of sp³-hybridized carbons (Fsp3) is 0.400. The van der Waals surface area contributed by atoms with Gasteiger partial charge in [-0.15, -0.1) is 0 Å². The maximum absolute atomic E-state index is 13.5. The summed E-state index contributed by atoms with van der Waals surface area (Å²) in [6, 6.07) is 16.3. The van der Waals surface area contributed by atoms with Crippen molar-refractivity contribution < 1.29 is 4.79 Å². The third-order valence-electron chi connectivity index (χ3n) is 7.19. The molecule has 2 aromatic carbocycles. The summed E-state index contributed by atoms with van der Waals surface area (Å²) in [6.45, 7) is 4.61. The molecule has 32 heavy (non-hydrogen) atoms. The quantitative estimate of drug-likeness (QED) is 0.656. The lowest BCUT2D eigenvalue weighted by Gasteiger charge is -2.61. The molecule has 3 aliphatic heterocycles. The van der Waals surface area contributed by atoms with E-state index in [1.807, 2.05) is 42.5 Å². The van der Waals surface area contributed by atoms with E-state index in [2.05, 4.69) is 24.1 Å². The number of hydrogen-bond donors (Lipinski definition) is 1. The summed E-state index contributed by atoms with van der Waals surface area (Å²) in [5.41, 5.74) is 3.48. The van der Waals surface area contributed by atoms with Gasteiger partial charge in [0, 0.05) is 35.3 Å². The maximum atomic E-state index is 13.5. The largest absolute Gasteiger partial charge is 0.343 e. The van der Waals surface area contributed by atoms with Crippen LogP contribution in [0.3, 0.4) is 0 Å². The summed E-state index contributed by atoms with van der Waals surface area (Å²) < 4.78 is 0. The number of nitrogens with zero attached hydrogens (tertiary/aromatic N) is 3. The van der Waals surface area contributed by atoms with E-state index < -0.39 is 6.17 Å². The maximum Gasteiger partial charge on any atom is 0.272 e. The number of thiocarbonyl (C=S) groups is 1. The minimum Gasteiger partial charge on any atom is -0.343 e. The number of carbonyl (C=O) groups excluding carboxylic acids is 1. The Morgan fingerprint density at radius 2 is 1.97 bits per heavy atom. The lowest BCUT2D eigenvalue weighted by Crippen LogP contribution is -2.69. The van der Waals surface area contributed by atoms with Crippen molar-refractivity contribution in [3.05, 3.63) is 64.7 Å². The van der Waals surface area contributed by atoms with Gasteiger partial charge in [0.05, 0.1) is 11.4 Å². The molecule has 166 valence electrons. The summed E-state index contributed by atoms with van der Waals surface area (Å²) in [4.78, 5) is 22.3. The van der Waals surface area contributed by atoms with Crippen molar-refractivity contribution in [2.45, 2.75) is 51.4 Å². The summed E-state index contributed by atoms with van der Waals surface area (Å²) in [7, 11) is 1.78. The molecule has 0 aliphatic carbocycles. The van der Waals surface area contributed by atoms with Crippen LogP contribution in [0.4, 0.5) is 5.69 Å². The van der Waals surface area contributed by atoms with Gasteiger partial charge in [0.25, 0.3) is 5.91 Å². The van der Waals surface area contributed by atoms with Gasteiger partial charge in [-0.3, -0.25) is 4.79 Å². The van der Waals surface area contributed by atoms with Crippen LogP contribution >= 0.6 is 23.8 Å². The number of aliphatic imine (C=N–C) groups is 1. The van der Waals surface area contributed by atoms with Gasteiger partial charge in [0.15, 0.2) is 5.11 Å². The van der Waals surface area contributed by atoms with Gasteiger partial charge in [0.1, 0.15) is 0 Å². The summed E-state index contributed by atoms with van der Waals surface area (Å²) >= 11 is 12.2. The van der Waals surface area contributed by atoms with Gasteiger partial charge in [-0.2, -0.15) is 0 Å². The van der Waals surface area contributed by atoms with E-state index >= 15 is 0 Å². The molecule has 1 amide bonds. The number of benzene rings is 2. The number of anilines is 1. The van der Waals surface area contributed by atoms with Crippen molar-refractivity contribution in [1.82, 2.24) is 10.2 Å². The molecule has 1 N–H and O–H groups in total. The average Bonchev–Trinajstić information content (AvgIpc) is 2.83. The van der Waals surface area contributed by atoms with E-state index in [-0.39, 0.29) is 11.3 Å². The molecule has 0 aromatic heterocycles. The monoisotopic (exact) mass is 466 g/mol. The Morgan fingerprint density at radius 1 is 1.22 bits per heavy atom. The molecule has 3 atom stereocenters. The summed E-state index contributed by atoms with van der Waals surface area (Å²) in [5, 5.41) is 4.52. The van der Waals surface area contributed by atoms with E-state index in [1.54, 1.807) is 18.0 Å². The number of benzodiazepines with no additional fused rings is 1. The Balaban J connectivity index is 1.52. The van der Waals surface area contributed by atoms with Crippen molar-refractivity contribution in [1.29, 1.82) is 0 Å². The first-order valence-electron chi connectivity index (χ1n) is 11.1. The van der Waals surface area contributed by atoms with Crippen LogP contribution in [0.5, 0.6) is 0 Å². The first-order chi connectivity index (χ1) is 15.3. The van der Waals surface area contributed by atoms with Crippen LogP contribution in [0.25, 0.3) is 0 Å². The van der Waals surface area contributed by atoms with Crippen molar-refractivity contribution in [3.8, 4) is 0 Å². The molecule has 2 bridgehead atoms. The molecule has 2 saturated heterocycles. The topological polar surface area (TPSA) is 47.9 Å². The lowest BCUT2D eigenvalue weighted by atomic mass is 9.64. The Morgan fingerprint density at radius 3 is 2.66 bits per heavy atom. The highest BCUT2D eigenvalue weighted by molar-refractivity contribution is 7.80. The lowest BCUT2D eigenvalue weighted by molar-refractivity contribution is -0.119. The molecule has 2 fully saturated rings. The van der Waals surface area contributed by atoms with Crippen LogP contribution in [0.1, 0.15) is 44.2 Å². The number of fused-ring (bicyclic) bond motifs is 3. The minimum atomic E-state index is -0.807. The number of amides is 1. The SMILES string of the molecule is CN1C(=O)C(NC(=S)N2C3CCC(C)(C)C2C3)N=C(c2ccccc2)c2cc(Cl)ccc21. The summed E-state index contributed by atoms with van der Waals surface area (Å²) in [5.74, 6) is -0.146. The molecule has 7 heteroatoms. The van der Waals surface area contributed by atoms with Crippen LogP contribution in [-0.2, 0) is 4.79 Å². The van der Waals surface area contributed by atoms with Crippen molar-refractivity contribution in [2.24, 2.45) is 10.4 Å². The zero-order valence-corrected chi connectivity index (χ0v) is 20.1. The molecule has 3 aliphatic rings. The second-order valence-electron chi connectivity index (χ2n) is 9.59. The fourth-order valence-electron chi connectivity index (χ4n) is 5.22. The second kappa shape index (κ2) is 7.85. The van der Waals surface area contributed by atoms with Gasteiger partial charge in [-0.05, 0) is 55.1 Å². The number of piperidine rings is 1. The number of rotatable bonds is 2. The average molecular weight is 467 g/mol. The van der Waals surface area contributed by atoms with Gasteiger partial charge in [-0.25, -0.2) is 4.99 Å². The Kier molecular flexibility index (Phi) is 5.25. The highest BCUT2D eigenvalue weighted by atomic mass is 35.5. The molecule has 0 spiro atoms. The smallest absolute Gasteiger partial charge is 0.272 e. The number of likely N-dealkylation sites (N-methyl/N-ethyl adjacent to an activating group) is 1. The first kappa shape index (κ1) is 21.4. The van der Waals surface area contributed by atoms with E-state index in [4.69, 9.17) is 28.8 Å². The van der Waals surface area contributed by atoms with Gasteiger partial charge in [0.2, 0.25) is 6.17 Å². The van der Waals surface area contributed by atoms with Crippen LogP contribution < -0.4 is 10.2 Å². The Bertz CT molecular complexity index is 1110. The normalized spacial score (nSPS) is 25.9. The van der Waals surface area contributed by atoms with Crippen molar-refractivity contribution in [3.63, 3.8) is 0 Å². The predicted molar refractivity (Wildman–Crippen MR) is 134 cm³/mol. The summed E-state index contributed by atoms with van der Waals surface area (Å²) in [6.07, 6.45) is 2.69. The number of hydrogen-bond acceptors (Lipinski definition) is 3. The van der Waals surface area contributed by atoms with Crippen LogP contribution in [0.2, 0.25) is 5.02 Å². The number of nitrogens with one attached hydrogen (secondary N) is 1. The van der Waals surface area contributed by atoms with E-state index in [9.17, 15) is 4.79 Å². The molecule has 5 rings (SSSR count).